The number of carbonyl (C=O) groups is 1. The summed E-state index contributed by atoms with van der Waals surface area (Å²) in [6.45, 7) is 0.681. The van der Waals surface area contributed by atoms with Crippen molar-refractivity contribution in [1.82, 2.24) is 5.32 Å². The van der Waals surface area contributed by atoms with Crippen molar-refractivity contribution in [2.24, 2.45) is 23.2 Å². The minimum absolute atomic E-state index is 0.0341. The van der Waals surface area contributed by atoms with Gasteiger partial charge in [0.25, 0.3) is 0 Å². The molecule has 1 amide bonds. The zero-order valence-corrected chi connectivity index (χ0v) is 12.7. The van der Waals surface area contributed by atoms with Crippen molar-refractivity contribution in [2.75, 3.05) is 0 Å². The van der Waals surface area contributed by atoms with E-state index in [1.165, 1.54) is 31.2 Å². The first kappa shape index (κ1) is 13.4. The van der Waals surface area contributed by atoms with Crippen molar-refractivity contribution < 1.29 is 4.79 Å². The molecule has 5 rings (SSSR count). The topological polar surface area (TPSA) is 29.1 Å². The Labute approximate surface area is 127 Å². The van der Waals surface area contributed by atoms with Gasteiger partial charge in [0.05, 0.1) is 0 Å². The van der Waals surface area contributed by atoms with Crippen molar-refractivity contribution >= 4 is 5.91 Å². The third-order valence-corrected chi connectivity index (χ3v) is 6.17. The van der Waals surface area contributed by atoms with Crippen LogP contribution in [0.1, 0.15) is 50.5 Å². The molecule has 4 fully saturated rings. The van der Waals surface area contributed by atoms with Crippen LogP contribution >= 0.6 is 0 Å². The predicted molar refractivity (Wildman–Crippen MR) is 83.5 cm³/mol. The molecule has 4 aliphatic rings. The molecule has 4 aliphatic carbocycles. The van der Waals surface area contributed by atoms with E-state index in [0.717, 1.165) is 37.0 Å². The molecule has 2 nitrogen and oxygen atoms in total. The number of hydrogen-bond donors (Lipinski definition) is 1. The molecular formula is C19H25NO. The Hall–Kier alpha value is -1.31. The maximum absolute atomic E-state index is 12.9. The SMILES string of the molecule is O=C(NCc1ccccc1)C12CCC3C[C@H](C[C@@H](C3)C1)C2. The van der Waals surface area contributed by atoms with E-state index < -0.39 is 0 Å². The average Bonchev–Trinajstić information content (AvgIpc) is 2.71. The van der Waals surface area contributed by atoms with Gasteiger partial charge in [-0.1, -0.05) is 30.3 Å². The van der Waals surface area contributed by atoms with E-state index in [9.17, 15) is 4.79 Å². The molecule has 0 heterocycles. The second kappa shape index (κ2) is 5.15. The molecule has 0 saturated heterocycles. The molecule has 21 heavy (non-hydrogen) atoms. The van der Waals surface area contributed by atoms with E-state index in [1.807, 2.05) is 18.2 Å². The van der Waals surface area contributed by atoms with Gasteiger partial charge in [-0.05, 0) is 68.3 Å². The lowest BCUT2D eigenvalue weighted by atomic mass is 9.61. The summed E-state index contributed by atoms with van der Waals surface area (Å²) in [5.74, 6) is 2.91. The predicted octanol–water partition coefficient (Wildman–Crippen LogP) is 3.91. The summed E-state index contributed by atoms with van der Waals surface area (Å²) in [7, 11) is 0. The quantitative estimate of drug-likeness (QED) is 0.895. The Morgan fingerprint density at radius 2 is 1.71 bits per heavy atom. The minimum Gasteiger partial charge on any atom is -0.352 e. The fourth-order valence-corrected chi connectivity index (χ4v) is 5.41. The molecule has 0 unspecified atom stereocenters. The van der Waals surface area contributed by atoms with Gasteiger partial charge in [0.1, 0.15) is 0 Å². The Balaban J connectivity index is 1.48. The summed E-state index contributed by atoms with van der Waals surface area (Å²) in [4.78, 5) is 12.9. The molecular weight excluding hydrogens is 258 g/mol. The number of carbonyl (C=O) groups excluding carboxylic acids is 1. The first-order valence-corrected chi connectivity index (χ1v) is 8.56. The van der Waals surface area contributed by atoms with Gasteiger partial charge in [-0.3, -0.25) is 4.79 Å². The van der Waals surface area contributed by atoms with E-state index in [1.54, 1.807) is 0 Å². The fraction of sp³-hybridized carbons (Fsp3) is 0.632. The van der Waals surface area contributed by atoms with Gasteiger partial charge in [0, 0.05) is 12.0 Å². The van der Waals surface area contributed by atoms with Gasteiger partial charge in [0.15, 0.2) is 0 Å². The van der Waals surface area contributed by atoms with Crippen LogP contribution in [0.4, 0.5) is 0 Å². The molecule has 1 N–H and O–H groups in total. The lowest BCUT2D eigenvalue weighted by Crippen LogP contribution is -2.45. The maximum atomic E-state index is 12.9. The van der Waals surface area contributed by atoms with Crippen LogP contribution in [0.2, 0.25) is 0 Å². The lowest BCUT2D eigenvalue weighted by molar-refractivity contribution is -0.135. The first-order valence-electron chi connectivity index (χ1n) is 8.56. The van der Waals surface area contributed by atoms with Crippen LogP contribution in [0.3, 0.4) is 0 Å². The second-order valence-electron chi connectivity index (χ2n) is 7.70. The highest BCUT2D eigenvalue weighted by molar-refractivity contribution is 5.82. The number of rotatable bonds is 3. The van der Waals surface area contributed by atoms with Crippen molar-refractivity contribution in [3.05, 3.63) is 35.9 Å². The van der Waals surface area contributed by atoms with E-state index in [2.05, 4.69) is 17.4 Å². The molecule has 0 aliphatic heterocycles. The van der Waals surface area contributed by atoms with Crippen LogP contribution in [0, 0.1) is 23.2 Å². The standard InChI is InChI=1S/C19H25NO/c21-18(20-13-14-4-2-1-3-5-14)19-7-6-15-8-16(11-19)10-17(9-15)12-19/h1-5,15-17H,6-13H2,(H,20,21)/t15?,16-,17-,19?/m1/s1. The third kappa shape index (κ3) is 2.49. The van der Waals surface area contributed by atoms with Gasteiger partial charge in [0.2, 0.25) is 5.91 Å². The molecule has 1 aromatic rings. The fourth-order valence-electron chi connectivity index (χ4n) is 5.41. The van der Waals surface area contributed by atoms with Crippen LogP contribution in [0.25, 0.3) is 0 Å². The molecule has 2 heteroatoms. The van der Waals surface area contributed by atoms with Crippen LogP contribution in [-0.4, -0.2) is 5.91 Å². The zero-order valence-electron chi connectivity index (χ0n) is 12.7. The van der Waals surface area contributed by atoms with E-state index in [-0.39, 0.29) is 5.41 Å². The van der Waals surface area contributed by atoms with Crippen molar-refractivity contribution in [3.63, 3.8) is 0 Å². The van der Waals surface area contributed by atoms with Crippen molar-refractivity contribution in [3.8, 4) is 0 Å². The number of amides is 1. The lowest BCUT2D eigenvalue weighted by Gasteiger charge is -2.44. The molecule has 4 bridgehead atoms. The Kier molecular flexibility index (Phi) is 3.28. The molecule has 2 atom stereocenters. The van der Waals surface area contributed by atoms with Crippen LogP contribution in [0.15, 0.2) is 30.3 Å². The van der Waals surface area contributed by atoms with Crippen LogP contribution in [-0.2, 0) is 11.3 Å². The van der Waals surface area contributed by atoms with Crippen molar-refractivity contribution in [2.45, 2.75) is 51.5 Å². The molecule has 1 aromatic carbocycles. The highest BCUT2D eigenvalue weighted by Crippen LogP contribution is 2.57. The van der Waals surface area contributed by atoms with Crippen molar-refractivity contribution in [1.29, 1.82) is 0 Å². The summed E-state index contributed by atoms with van der Waals surface area (Å²) in [6.07, 6.45) is 8.90. The summed E-state index contributed by atoms with van der Waals surface area (Å²) >= 11 is 0. The summed E-state index contributed by atoms with van der Waals surface area (Å²) in [5, 5.41) is 3.24. The Bertz CT molecular complexity index is 510. The highest BCUT2D eigenvalue weighted by atomic mass is 16.2. The van der Waals surface area contributed by atoms with Crippen LogP contribution in [0.5, 0.6) is 0 Å². The highest BCUT2D eigenvalue weighted by Gasteiger charge is 2.51. The van der Waals surface area contributed by atoms with E-state index in [0.29, 0.717) is 12.5 Å². The van der Waals surface area contributed by atoms with E-state index in [4.69, 9.17) is 0 Å². The van der Waals surface area contributed by atoms with Gasteiger partial charge in [-0.2, -0.15) is 0 Å². The molecule has 4 saturated carbocycles. The normalized spacial score (nSPS) is 37.2. The maximum Gasteiger partial charge on any atom is 0.226 e. The number of benzene rings is 1. The third-order valence-electron chi connectivity index (χ3n) is 6.17. The van der Waals surface area contributed by atoms with Crippen LogP contribution < -0.4 is 5.32 Å². The molecule has 0 aromatic heterocycles. The summed E-state index contributed by atoms with van der Waals surface area (Å²) in [5.41, 5.74) is 1.17. The summed E-state index contributed by atoms with van der Waals surface area (Å²) in [6, 6.07) is 10.3. The van der Waals surface area contributed by atoms with E-state index >= 15 is 0 Å². The largest absolute Gasteiger partial charge is 0.352 e. The Morgan fingerprint density at radius 1 is 1.05 bits per heavy atom. The van der Waals surface area contributed by atoms with Gasteiger partial charge >= 0.3 is 0 Å². The summed E-state index contributed by atoms with van der Waals surface area (Å²) < 4.78 is 0. The second-order valence-corrected chi connectivity index (χ2v) is 7.70. The molecule has 112 valence electrons. The number of nitrogens with one attached hydrogen (secondary N) is 1. The molecule has 0 spiro atoms. The minimum atomic E-state index is -0.0341. The van der Waals surface area contributed by atoms with Gasteiger partial charge in [-0.25, -0.2) is 0 Å². The van der Waals surface area contributed by atoms with Gasteiger partial charge < -0.3 is 5.32 Å². The number of fused-ring (bicyclic) bond motifs is 1. The zero-order chi connectivity index (χ0) is 14.3. The smallest absolute Gasteiger partial charge is 0.226 e. The number of hydrogen-bond acceptors (Lipinski definition) is 1. The Morgan fingerprint density at radius 3 is 2.43 bits per heavy atom. The first-order chi connectivity index (χ1) is 10.2. The molecule has 0 radical (unpaired) electrons. The average molecular weight is 283 g/mol. The van der Waals surface area contributed by atoms with Gasteiger partial charge in [-0.15, -0.1) is 0 Å². The monoisotopic (exact) mass is 283 g/mol.